The number of pyridine rings is 1. The number of hydrogen-bond donors (Lipinski definition) is 0. The van der Waals surface area contributed by atoms with Gasteiger partial charge in [0.25, 0.3) is 0 Å². The number of methoxy groups -OCH3 is 1. The van der Waals surface area contributed by atoms with E-state index in [0.717, 1.165) is 16.5 Å². The van der Waals surface area contributed by atoms with Crippen LogP contribution in [0.3, 0.4) is 0 Å². The van der Waals surface area contributed by atoms with Crippen molar-refractivity contribution in [2.45, 2.75) is 0 Å². The maximum Gasteiger partial charge on any atom is 0.150 e. The lowest BCUT2D eigenvalue weighted by Crippen LogP contribution is -1.96. The molecule has 104 valence electrons. The van der Waals surface area contributed by atoms with Crippen molar-refractivity contribution < 1.29 is 4.74 Å². The largest absolute Gasteiger partial charge is 0.497 e. The van der Waals surface area contributed by atoms with Crippen LogP contribution in [-0.2, 0) is 0 Å². The Labute approximate surface area is 127 Å². The molecule has 3 aromatic rings. The summed E-state index contributed by atoms with van der Waals surface area (Å²) >= 11 is 0. The van der Waals surface area contributed by atoms with Gasteiger partial charge in [-0.1, -0.05) is 30.3 Å². The molecule has 0 fully saturated rings. The van der Waals surface area contributed by atoms with Gasteiger partial charge in [0.2, 0.25) is 0 Å². The van der Waals surface area contributed by atoms with Gasteiger partial charge >= 0.3 is 0 Å². The predicted octanol–water partition coefficient (Wildman–Crippen LogP) is 3.65. The maximum atomic E-state index is 9.43. The van der Waals surface area contributed by atoms with Crippen molar-refractivity contribution in [3.63, 3.8) is 0 Å². The molecule has 1 heterocycles. The van der Waals surface area contributed by atoms with Crippen LogP contribution >= 0.6 is 0 Å². The van der Waals surface area contributed by atoms with Gasteiger partial charge in [-0.15, -0.1) is 0 Å². The van der Waals surface area contributed by atoms with Gasteiger partial charge < -0.3 is 4.74 Å². The smallest absolute Gasteiger partial charge is 0.150 e. The number of hydrogen-bond acceptors (Lipinski definition) is 4. The second-order valence-corrected chi connectivity index (χ2v) is 4.69. The summed E-state index contributed by atoms with van der Waals surface area (Å²) in [7, 11) is 1.58. The van der Waals surface area contributed by atoms with E-state index in [2.05, 4.69) is 17.1 Å². The molecule has 0 unspecified atom stereocenters. The topological polar surface area (TPSA) is 69.7 Å². The number of benzene rings is 2. The minimum Gasteiger partial charge on any atom is -0.497 e. The molecular formula is C18H11N3O. The van der Waals surface area contributed by atoms with E-state index in [9.17, 15) is 10.5 Å². The average molecular weight is 285 g/mol. The van der Waals surface area contributed by atoms with Crippen LogP contribution in [-0.4, -0.2) is 12.1 Å². The van der Waals surface area contributed by atoms with E-state index in [1.165, 1.54) is 0 Å². The zero-order valence-corrected chi connectivity index (χ0v) is 11.9. The summed E-state index contributed by atoms with van der Waals surface area (Å²) in [6.07, 6.45) is 0. The van der Waals surface area contributed by atoms with Crippen molar-refractivity contribution in [2.75, 3.05) is 7.11 Å². The predicted molar refractivity (Wildman–Crippen MR) is 83.2 cm³/mol. The Balaban J connectivity index is 2.48. The number of ether oxygens (including phenoxy) is 1. The molecule has 0 aliphatic heterocycles. The van der Waals surface area contributed by atoms with Gasteiger partial charge in [0.1, 0.15) is 23.6 Å². The number of nitrogens with zero attached hydrogens (tertiary/aromatic N) is 3. The van der Waals surface area contributed by atoms with Gasteiger partial charge in [-0.25, -0.2) is 4.98 Å². The van der Waals surface area contributed by atoms with E-state index in [1.807, 2.05) is 36.4 Å². The minimum absolute atomic E-state index is 0.239. The highest BCUT2D eigenvalue weighted by Gasteiger charge is 2.16. The van der Waals surface area contributed by atoms with Crippen molar-refractivity contribution in [3.8, 4) is 29.0 Å². The van der Waals surface area contributed by atoms with Gasteiger partial charge in [0, 0.05) is 10.9 Å². The molecule has 4 heteroatoms. The van der Waals surface area contributed by atoms with Crippen molar-refractivity contribution in [2.24, 2.45) is 0 Å². The lowest BCUT2D eigenvalue weighted by Gasteiger charge is -2.11. The second kappa shape index (κ2) is 5.55. The Morgan fingerprint density at radius 2 is 1.64 bits per heavy atom. The van der Waals surface area contributed by atoms with Gasteiger partial charge in [-0.3, -0.25) is 0 Å². The summed E-state index contributed by atoms with van der Waals surface area (Å²) in [5, 5.41) is 20.2. The van der Waals surface area contributed by atoms with Crippen LogP contribution in [0, 0.1) is 22.7 Å². The zero-order valence-electron chi connectivity index (χ0n) is 11.9. The standard InChI is InChI=1S/C18H11N3O/c1-22-13-7-8-14-15(9-13)18(12-5-3-2-4-6-12)17(11-20)21-16(14)10-19/h2-9H,1H3. The first-order chi connectivity index (χ1) is 10.8. The van der Waals surface area contributed by atoms with E-state index in [0.29, 0.717) is 11.1 Å². The van der Waals surface area contributed by atoms with Gasteiger partial charge in [-0.05, 0) is 29.1 Å². The number of nitriles is 2. The molecule has 4 nitrogen and oxygen atoms in total. The summed E-state index contributed by atoms with van der Waals surface area (Å²) in [6, 6.07) is 19.1. The fraction of sp³-hybridized carbons (Fsp3) is 0.0556. The van der Waals surface area contributed by atoms with E-state index >= 15 is 0 Å². The quantitative estimate of drug-likeness (QED) is 0.720. The molecule has 3 rings (SSSR count). The van der Waals surface area contributed by atoms with E-state index < -0.39 is 0 Å². The van der Waals surface area contributed by atoms with Crippen LogP contribution in [0.25, 0.3) is 21.9 Å². The Kier molecular flexibility index (Phi) is 3.43. The first-order valence-electron chi connectivity index (χ1n) is 6.66. The van der Waals surface area contributed by atoms with E-state index in [4.69, 9.17) is 4.74 Å². The van der Waals surface area contributed by atoms with Crippen LogP contribution in [0.4, 0.5) is 0 Å². The monoisotopic (exact) mass is 285 g/mol. The summed E-state index contributed by atoms with van der Waals surface area (Å²) in [6.45, 7) is 0. The summed E-state index contributed by atoms with van der Waals surface area (Å²) < 4.78 is 5.27. The summed E-state index contributed by atoms with van der Waals surface area (Å²) in [4.78, 5) is 4.21. The van der Waals surface area contributed by atoms with Crippen molar-refractivity contribution in [3.05, 3.63) is 59.9 Å². The fourth-order valence-electron chi connectivity index (χ4n) is 2.48. The normalized spacial score (nSPS) is 9.95. The SMILES string of the molecule is COc1ccc2c(C#N)nc(C#N)c(-c3ccccc3)c2c1. The van der Waals surface area contributed by atoms with Gasteiger partial charge in [0.05, 0.1) is 7.11 Å². The van der Waals surface area contributed by atoms with Crippen LogP contribution in [0.2, 0.25) is 0 Å². The van der Waals surface area contributed by atoms with Crippen molar-refractivity contribution >= 4 is 10.8 Å². The molecule has 0 N–H and O–H groups in total. The first kappa shape index (κ1) is 13.6. The van der Waals surface area contributed by atoms with Gasteiger partial charge in [-0.2, -0.15) is 10.5 Å². The Morgan fingerprint density at radius 3 is 2.27 bits per heavy atom. The highest BCUT2D eigenvalue weighted by Crippen LogP contribution is 2.34. The third-order valence-electron chi connectivity index (χ3n) is 3.49. The van der Waals surface area contributed by atoms with E-state index in [-0.39, 0.29) is 11.4 Å². The third kappa shape index (κ3) is 2.13. The molecule has 0 aliphatic carbocycles. The Morgan fingerprint density at radius 1 is 0.909 bits per heavy atom. The molecule has 0 amide bonds. The Hall–Kier alpha value is -3.37. The third-order valence-corrected chi connectivity index (χ3v) is 3.49. The van der Waals surface area contributed by atoms with Crippen LogP contribution < -0.4 is 4.74 Å². The molecule has 0 radical (unpaired) electrons. The summed E-state index contributed by atoms with van der Waals surface area (Å²) in [5.74, 6) is 0.670. The molecule has 2 aromatic carbocycles. The molecule has 22 heavy (non-hydrogen) atoms. The zero-order chi connectivity index (χ0) is 15.5. The molecule has 0 atom stereocenters. The number of rotatable bonds is 2. The van der Waals surface area contributed by atoms with Crippen LogP contribution in [0.15, 0.2) is 48.5 Å². The summed E-state index contributed by atoms with van der Waals surface area (Å²) in [5.41, 5.74) is 2.09. The van der Waals surface area contributed by atoms with Crippen LogP contribution in [0.1, 0.15) is 11.4 Å². The average Bonchev–Trinajstić information content (AvgIpc) is 2.60. The molecule has 0 bridgehead atoms. The van der Waals surface area contributed by atoms with Crippen molar-refractivity contribution in [1.29, 1.82) is 10.5 Å². The molecular weight excluding hydrogens is 274 g/mol. The first-order valence-corrected chi connectivity index (χ1v) is 6.66. The number of aromatic nitrogens is 1. The minimum atomic E-state index is 0.239. The van der Waals surface area contributed by atoms with Crippen molar-refractivity contribution in [1.82, 2.24) is 4.98 Å². The fourth-order valence-corrected chi connectivity index (χ4v) is 2.48. The molecule has 1 aromatic heterocycles. The second-order valence-electron chi connectivity index (χ2n) is 4.69. The molecule has 0 saturated heterocycles. The van der Waals surface area contributed by atoms with E-state index in [1.54, 1.807) is 19.2 Å². The maximum absolute atomic E-state index is 9.43. The highest BCUT2D eigenvalue weighted by molar-refractivity contribution is 6.01. The lowest BCUT2D eigenvalue weighted by molar-refractivity contribution is 0.415. The van der Waals surface area contributed by atoms with Gasteiger partial charge in [0.15, 0.2) is 5.69 Å². The van der Waals surface area contributed by atoms with Crippen LogP contribution in [0.5, 0.6) is 5.75 Å². The molecule has 0 saturated carbocycles. The molecule has 0 aliphatic rings. The number of fused-ring (bicyclic) bond motifs is 1. The molecule has 0 spiro atoms. The Bertz CT molecular complexity index is 934. The lowest BCUT2D eigenvalue weighted by atomic mass is 9.96. The highest BCUT2D eigenvalue weighted by atomic mass is 16.5.